The summed E-state index contributed by atoms with van der Waals surface area (Å²) >= 11 is 3.80. The van der Waals surface area contributed by atoms with Crippen LogP contribution >= 0.6 is 34.4 Å². The zero-order valence-electron chi connectivity index (χ0n) is 22.7. The summed E-state index contributed by atoms with van der Waals surface area (Å²) in [7, 11) is 2.63. The molecule has 0 saturated heterocycles. The summed E-state index contributed by atoms with van der Waals surface area (Å²) in [5, 5.41) is 3.34. The molecular formula is C27H31N3O7S3. The number of hydrogen-bond acceptors (Lipinski definition) is 10. The zero-order valence-corrected chi connectivity index (χ0v) is 25.2. The number of amides is 2. The van der Waals surface area contributed by atoms with Crippen LogP contribution in [0.4, 0.5) is 5.00 Å². The van der Waals surface area contributed by atoms with Gasteiger partial charge in [-0.3, -0.25) is 14.4 Å². The van der Waals surface area contributed by atoms with Gasteiger partial charge >= 0.3 is 11.9 Å². The van der Waals surface area contributed by atoms with Gasteiger partial charge in [-0.25, -0.2) is 4.79 Å². The van der Waals surface area contributed by atoms with Crippen molar-refractivity contribution in [2.24, 2.45) is 10.9 Å². The smallest absolute Gasteiger partial charge is 0.341 e. The first-order valence-electron chi connectivity index (χ1n) is 12.7. The molecule has 2 aromatic heterocycles. The monoisotopic (exact) mass is 605 g/mol. The Morgan fingerprint density at radius 2 is 1.95 bits per heavy atom. The molecule has 2 heterocycles. The van der Waals surface area contributed by atoms with Crippen molar-refractivity contribution in [2.75, 3.05) is 37.6 Å². The number of esters is 2. The minimum absolute atomic E-state index is 0.00708. The Labute approximate surface area is 243 Å². The number of nitrogens with one attached hydrogen (secondary N) is 1. The highest BCUT2D eigenvalue weighted by Gasteiger charge is 2.29. The Morgan fingerprint density at radius 3 is 2.67 bits per heavy atom. The van der Waals surface area contributed by atoms with Crippen LogP contribution in [0.5, 0.6) is 5.75 Å². The van der Waals surface area contributed by atoms with Gasteiger partial charge in [0.1, 0.15) is 17.3 Å². The van der Waals surface area contributed by atoms with Crippen molar-refractivity contribution >= 4 is 73.4 Å². The van der Waals surface area contributed by atoms with Gasteiger partial charge in [-0.05, 0) is 55.9 Å². The molecule has 40 heavy (non-hydrogen) atoms. The van der Waals surface area contributed by atoms with Gasteiger partial charge in [0.25, 0.3) is 5.91 Å². The first-order valence-corrected chi connectivity index (χ1v) is 15.5. The normalized spacial score (nSPS) is 15.0. The van der Waals surface area contributed by atoms with Gasteiger partial charge in [0.15, 0.2) is 4.80 Å². The summed E-state index contributed by atoms with van der Waals surface area (Å²) < 4.78 is 17.8. The molecule has 1 atom stereocenters. The van der Waals surface area contributed by atoms with Crippen molar-refractivity contribution in [1.29, 1.82) is 0 Å². The van der Waals surface area contributed by atoms with E-state index in [0.717, 1.165) is 51.7 Å². The SMILES string of the molecule is CCOc1ccc2c(c1)sc(=NC(=O)CSCC(=O)Nc1sc3c(c1C(=O)OC)CCC(C)C3)n2CC(=O)OC. The number of carbonyl (C=O) groups excluding carboxylic acids is 4. The van der Waals surface area contributed by atoms with Crippen LogP contribution in [0.2, 0.25) is 0 Å². The number of anilines is 1. The van der Waals surface area contributed by atoms with Crippen molar-refractivity contribution in [2.45, 2.75) is 39.7 Å². The average molecular weight is 606 g/mol. The number of ether oxygens (including phenoxy) is 3. The predicted molar refractivity (Wildman–Crippen MR) is 156 cm³/mol. The number of fused-ring (bicyclic) bond motifs is 2. The zero-order chi connectivity index (χ0) is 28.8. The number of hydrogen-bond donors (Lipinski definition) is 1. The molecule has 4 rings (SSSR count). The molecular weight excluding hydrogens is 575 g/mol. The molecule has 0 radical (unpaired) electrons. The lowest BCUT2D eigenvalue weighted by molar-refractivity contribution is -0.141. The van der Waals surface area contributed by atoms with Gasteiger partial charge in [0.05, 0.1) is 48.1 Å². The molecule has 3 aromatic rings. The molecule has 214 valence electrons. The molecule has 0 fully saturated rings. The number of rotatable bonds is 10. The minimum atomic E-state index is -0.468. The maximum atomic E-state index is 12.7. The van der Waals surface area contributed by atoms with E-state index in [1.807, 2.05) is 19.1 Å². The van der Waals surface area contributed by atoms with Crippen LogP contribution in [0, 0.1) is 5.92 Å². The van der Waals surface area contributed by atoms with Gasteiger partial charge in [-0.2, -0.15) is 4.99 Å². The van der Waals surface area contributed by atoms with Crippen LogP contribution in [-0.2, 0) is 43.2 Å². The number of thioether (sulfide) groups is 1. The van der Waals surface area contributed by atoms with Crippen molar-refractivity contribution in [3.63, 3.8) is 0 Å². The number of aromatic nitrogens is 1. The van der Waals surface area contributed by atoms with Crippen LogP contribution in [-0.4, -0.2) is 60.7 Å². The first-order chi connectivity index (χ1) is 19.2. The van der Waals surface area contributed by atoms with Gasteiger partial charge in [0, 0.05) is 4.88 Å². The Kier molecular flexibility index (Phi) is 10.0. The first kappa shape index (κ1) is 29.8. The third-order valence-electron chi connectivity index (χ3n) is 6.31. The highest BCUT2D eigenvalue weighted by Crippen LogP contribution is 2.40. The predicted octanol–water partition coefficient (Wildman–Crippen LogP) is 4.05. The molecule has 0 saturated carbocycles. The van der Waals surface area contributed by atoms with Gasteiger partial charge in [0.2, 0.25) is 5.91 Å². The maximum absolute atomic E-state index is 12.7. The fourth-order valence-electron chi connectivity index (χ4n) is 4.43. The summed E-state index contributed by atoms with van der Waals surface area (Å²) in [6.07, 6.45) is 2.62. The lowest BCUT2D eigenvalue weighted by Crippen LogP contribution is -2.23. The second-order valence-corrected chi connectivity index (χ2v) is 12.3. The summed E-state index contributed by atoms with van der Waals surface area (Å²) in [6, 6.07) is 5.45. The van der Waals surface area contributed by atoms with Crippen LogP contribution in [0.1, 0.15) is 41.1 Å². The molecule has 0 bridgehead atoms. The van der Waals surface area contributed by atoms with E-state index in [9.17, 15) is 19.2 Å². The fraction of sp³-hybridized carbons (Fsp3) is 0.444. The van der Waals surface area contributed by atoms with Crippen molar-refractivity contribution in [3.05, 3.63) is 39.0 Å². The average Bonchev–Trinajstić information content (AvgIpc) is 3.44. The summed E-state index contributed by atoms with van der Waals surface area (Å²) in [5.74, 6) is -0.517. The number of carbonyl (C=O) groups is 4. The lowest BCUT2D eigenvalue weighted by Gasteiger charge is -2.18. The fourth-order valence-corrected chi connectivity index (χ4v) is 7.52. The lowest BCUT2D eigenvalue weighted by atomic mass is 9.88. The number of thiophene rings is 1. The largest absolute Gasteiger partial charge is 0.494 e. The van der Waals surface area contributed by atoms with E-state index in [-0.39, 0.29) is 24.0 Å². The molecule has 1 N–H and O–H groups in total. The van der Waals surface area contributed by atoms with Gasteiger partial charge < -0.3 is 24.1 Å². The Bertz CT molecular complexity index is 1500. The van der Waals surface area contributed by atoms with E-state index in [2.05, 4.69) is 17.2 Å². The third kappa shape index (κ3) is 6.94. The molecule has 1 unspecified atom stereocenters. The summed E-state index contributed by atoms with van der Waals surface area (Å²) in [5.41, 5.74) is 2.13. The third-order valence-corrected chi connectivity index (χ3v) is 9.44. The van der Waals surface area contributed by atoms with E-state index < -0.39 is 17.8 Å². The topological polar surface area (TPSA) is 125 Å². The maximum Gasteiger partial charge on any atom is 0.341 e. The Hall–Kier alpha value is -3.16. The summed E-state index contributed by atoms with van der Waals surface area (Å²) in [4.78, 5) is 55.6. The highest BCUT2D eigenvalue weighted by atomic mass is 32.2. The van der Waals surface area contributed by atoms with Crippen LogP contribution in [0.3, 0.4) is 0 Å². The van der Waals surface area contributed by atoms with Gasteiger partial charge in [-0.1, -0.05) is 18.3 Å². The molecule has 2 amide bonds. The van der Waals surface area contributed by atoms with E-state index in [0.29, 0.717) is 33.6 Å². The molecule has 1 aliphatic rings. The molecule has 13 heteroatoms. The van der Waals surface area contributed by atoms with E-state index in [1.54, 1.807) is 10.6 Å². The standard InChI is InChI=1S/C27H31N3O7S3/c1-5-37-16-7-9-18-20(11-16)40-27(30(18)12-23(33)35-3)29-22(32)14-38-13-21(31)28-25-24(26(34)36-4)17-8-6-15(2)10-19(17)39-25/h7,9,11,15H,5-6,8,10,12-14H2,1-4H3,(H,28,31). The van der Waals surface area contributed by atoms with Crippen LogP contribution in [0.15, 0.2) is 23.2 Å². The molecule has 0 aliphatic heterocycles. The quantitative estimate of drug-likeness (QED) is 0.343. The van der Waals surface area contributed by atoms with Crippen molar-refractivity contribution in [3.8, 4) is 5.75 Å². The van der Waals surface area contributed by atoms with E-state index >= 15 is 0 Å². The van der Waals surface area contributed by atoms with E-state index in [4.69, 9.17) is 14.2 Å². The highest BCUT2D eigenvalue weighted by molar-refractivity contribution is 8.00. The summed E-state index contributed by atoms with van der Waals surface area (Å²) in [6.45, 7) is 4.47. The van der Waals surface area contributed by atoms with Crippen molar-refractivity contribution < 1.29 is 33.4 Å². The second kappa shape index (κ2) is 13.5. The van der Waals surface area contributed by atoms with Crippen LogP contribution < -0.4 is 14.9 Å². The van der Waals surface area contributed by atoms with Crippen LogP contribution in [0.25, 0.3) is 10.2 Å². The number of methoxy groups -OCH3 is 2. The number of benzene rings is 1. The Balaban J connectivity index is 1.44. The molecule has 10 nitrogen and oxygen atoms in total. The number of thiazole rings is 1. The molecule has 0 spiro atoms. The number of nitrogens with zero attached hydrogens (tertiary/aromatic N) is 2. The molecule has 1 aliphatic carbocycles. The Morgan fingerprint density at radius 1 is 1.15 bits per heavy atom. The van der Waals surface area contributed by atoms with E-state index in [1.165, 1.54) is 36.9 Å². The van der Waals surface area contributed by atoms with Crippen molar-refractivity contribution in [1.82, 2.24) is 4.57 Å². The van der Waals surface area contributed by atoms with Gasteiger partial charge in [-0.15, -0.1) is 23.1 Å². The minimum Gasteiger partial charge on any atom is -0.494 e. The second-order valence-electron chi connectivity index (χ2n) is 9.20. The molecule has 1 aromatic carbocycles.